The molecule has 0 aliphatic carbocycles. The fourth-order valence-corrected chi connectivity index (χ4v) is 1.67. The number of carbonyl (C=O) groups is 2. The van der Waals surface area contributed by atoms with E-state index < -0.39 is 0 Å². The highest BCUT2D eigenvalue weighted by Gasteiger charge is 2.03. The molecule has 1 aromatic carbocycles. The van der Waals surface area contributed by atoms with Gasteiger partial charge in [-0.3, -0.25) is 9.59 Å². The minimum absolute atomic E-state index is 0.00630. The van der Waals surface area contributed by atoms with E-state index >= 15 is 0 Å². The van der Waals surface area contributed by atoms with Gasteiger partial charge in [-0.2, -0.15) is 4.73 Å². The van der Waals surface area contributed by atoms with Crippen LogP contribution in [0.4, 0.5) is 0 Å². The molecule has 20 heavy (non-hydrogen) atoms. The van der Waals surface area contributed by atoms with Crippen LogP contribution in [0, 0.1) is 5.21 Å². The molecule has 0 spiro atoms. The van der Waals surface area contributed by atoms with Gasteiger partial charge < -0.3 is 5.21 Å². The van der Waals surface area contributed by atoms with Crippen LogP contribution in [-0.4, -0.2) is 11.6 Å². The monoisotopic (exact) mass is 267 g/mol. The Balaban J connectivity index is 2.10. The summed E-state index contributed by atoms with van der Waals surface area (Å²) in [6.45, 7) is 1.51. The van der Waals surface area contributed by atoms with Crippen molar-refractivity contribution in [2.45, 2.75) is 6.92 Å². The largest absolute Gasteiger partial charge is 0.619 e. The van der Waals surface area contributed by atoms with Crippen LogP contribution in [0.1, 0.15) is 33.2 Å². The van der Waals surface area contributed by atoms with Gasteiger partial charge in [-0.1, -0.05) is 30.3 Å². The molecule has 100 valence electrons. The maximum Gasteiger partial charge on any atom is 0.186 e. The Morgan fingerprint density at radius 1 is 1.00 bits per heavy atom. The molecule has 0 saturated carbocycles. The van der Waals surface area contributed by atoms with Crippen molar-refractivity contribution in [1.82, 2.24) is 0 Å². The number of hydrogen-bond acceptors (Lipinski definition) is 3. The zero-order chi connectivity index (χ0) is 14.5. The molecule has 0 N–H and O–H groups in total. The van der Waals surface area contributed by atoms with Gasteiger partial charge in [0, 0.05) is 23.3 Å². The Morgan fingerprint density at radius 2 is 1.60 bits per heavy atom. The van der Waals surface area contributed by atoms with E-state index in [1.165, 1.54) is 37.5 Å². The molecule has 0 aliphatic heterocycles. The second-order valence-electron chi connectivity index (χ2n) is 4.32. The molecule has 0 saturated heterocycles. The molecule has 0 unspecified atom stereocenters. The molecule has 2 aromatic rings. The second-order valence-corrected chi connectivity index (χ2v) is 4.32. The van der Waals surface area contributed by atoms with E-state index in [-0.39, 0.29) is 11.6 Å². The highest BCUT2D eigenvalue weighted by atomic mass is 16.5. The first kappa shape index (κ1) is 13.7. The summed E-state index contributed by atoms with van der Waals surface area (Å²) in [7, 11) is 0. The number of benzene rings is 1. The van der Waals surface area contributed by atoms with Crippen molar-refractivity contribution in [3.05, 3.63) is 76.8 Å². The Kier molecular flexibility index (Phi) is 4.05. The summed E-state index contributed by atoms with van der Waals surface area (Å²) in [5.74, 6) is -0.173. The third-order valence-corrected chi connectivity index (χ3v) is 2.83. The minimum atomic E-state index is -0.179. The van der Waals surface area contributed by atoms with E-state index in [9.17, 15) is 14.8 Å². The van der Waals surface area contributed by atoms with Crippen LogP contribution in [0.15, 0.2) is 54.9 Å². The Morgan fingerprint density at radius 3 is 2.15 bits per heavy atom. The molecule has 4 heteroatoms. The average Bonchev–Trinajstić information content (AvgIpc) is 2.46. The van der Waals surface area contributed by atoms with Crippen molar-refractivity contribution in [3.8, 4) is 0 Å². The van der Waals surface area contributed by atoms with E-state index in [0.29, 0.717) is 15.9 Å². The molecular weight excluding hydrogens is 254 g/mol. The van der Waals surface area contributed by atoms with Gasteiger partial charge in [0.2, 0.25) is 0 Å². The summed E-state index contributed by atoms with van der Waals surface area (Å²) in [6.07, 6.45) is 5.67. The van der Waals surface area contributed by atoms with Gasteiger partial charge in [-0.25, -0.2) is 0 Å². The predicted octanol–water partition coefficient (Wildman–Crippen LogP) is 2.42. The lowest BCUT2D eigenvalue weighted by molar-refractivity contribution is -0.605. The standard InChI is InChI=1S/C16H13NO3/c1-12(18)14-5-2-13(3-6-14)4-7-16(19)15-8-10-17(20)11-9-15/h2-11H,1H3/b7-4-. The molecule has 4 nitrogen and oxygen atoms in total. The van der Waals surface area contributed by atoms with E-state index in [1.54, 1.807) is 30.3 Å². The topological polar surface area (TPSA) is 61.1 Å². The Bertz CT molecular complexity index is 655. The van der Waals surface area contributed by atoms with Gasteiger partial charge in [0.05, 0.1) is 0 Å². The number of pyridine rings is 1. The smallest absolute Gasteiger partial charge is 0.186 e. The van der Waals surface area contributed by atoms with Crippen LogP contribution in [0.3, 0.4) is 0 Å². The van der Waals surface area contributed by atoms with Gasteiger partial charge >= 0.3 is 0 Å². The summed E-state index contributed by atoms with van der Waals surface area (Å²) in [4.78, 5) is 23.0. The highest BCUT2D eigenvalue weighted by Crippen LogP contribution is 2.08. The van der Waals surface area contributed by atoms with Gasteiger partial charge in [0.1, 0.15) is 0 Å². The lowest BCUT2D eigenvalue weighted by atomic mass is 10.1. The quantitative estimate of drug-likeness (QED) is 0.370. The summed E-state index contributed by atoms with van der Waals surface area (Å²) in [6, 6.07) is 9.93. The Labute approximate surface area is 116 Å². The number of aromatic nitrogens is 1. The van der Waals surface area contributed by atoms with Crippen LogP contribution in [0.5, 0.6) is 0 Å². The number of nitrogens with zero attached hydrogens (tertiary/aromatic N) is 1. The van der Waals surface area contributed by atoms with Crippen molar-refractivity contribution in [3.63, 3.8) is 0 Å². The number of allylic oxidation sites excluding steroid dienone is 1. The van der Waals surface area contributed by atoms with Crippen molar-refractivity contribution < 1.29 is 14.3 Å². The van der Waals surface area contributed by atoms with Crippen LogP contribution in [0.25, 0.3) is 6.08 Å². The fraction of sp³-hybridized carbons (Fsp3) is 0.0625. The third-order valence-electron chi connectivity index (χ3n) is 2.83. The SMILES string of the molecule is CC(=O)c1ccc(/C=C\C(=O)c2cc[n+]([O-])cc2)cc1. The van der Waals surface area contributed by atoms with E-state index in [1.807, 2.05) is 0 Å². The van der Waals surface area contributed by atoms with Crippen molar-refractivity contribution in [2.75, 3.05) is 0 Å². The van der Waals surface area contributed by atoms with Crippen molar-refractivity contribution in [1.29, 1.82) is 0 Å². The number of Topliss-reactive ketones (excluding diaryl/α,β-unsaturated/α-hetero) is 1. The molecule has 1 heterocycles. The van der Waals surface area contributed by atoms with Crippen molar-refractivity contribution in [2.24, 2.45) is 0 Å². The maximum atomic E-state index is 11.9. The second kappa shape index (κ2) is 5.93. The molecular formula is C16H13NO3. The van der Waals surface area contributed by atoms with Gasteiger partial charge in [0.15, 0.2) is 24.0 Å². The molecule has 0 radical (unpaired) electrons. The molecule has 1 aromatic heterocycles. The van der Waals surface area contributed by atoms with Crippen LogP contribution in [0.2, 0.25) is 0 Å². The molecule has 0 amide bonds. The lowest BCUT2D eigenvalue weighted by Gasteiger charge is -1.98. The molecule has 2 rings (SSSR count). The molecule has 0 aliphatic rings. The van der Waals surface area contributed by atoms with Gasteiger partial charge in [-0.15, -0.1) is 0 Å². The molecule has 0 atom stereocenters. The maximum absolute atomic E-state index is 11.9. The molecule has 0 fully saturated rings. The first-order valence-corrected chi connectivity index (χ1v) is 6.08. The summed E-state index contributed by atoms with van der Waals surface area (Å²) >= 11 is 0. The fourth-order valence-electron chi connectivity index (χ4n) is 1.67. The number of hydrogen-bond donors (Lipinski definition) is 0. The van der Waals surface area contributed by atoms with Crippen LogP contribution < -0.4 is 4.73 Å². The minimum Gasteiger partial charge on any atom is -0.619 e. The highest BCUT2D eigenvalue weighted by molar-refractivity contribution is 6.06. The zero-order valence-corrected chi connectivity index (χ0v) is 10.9. The lowest BCUT2D eigenvalue weighted by Crippen LogP contribution is -2.24. The van der Waals surface area contributed by atoms with Gasteiger partial charge in [0.25, 0.3) is 0 Å². The number of carbonyl (C=O) groups excluding carboxylic acids is 2. The van der Waals surface area contributed by atoms with Crippen LogP contribution in [-0.2, 0) is 0 Å². The van der Waals surface area contributed by atoms with Crippen LogP contribution >= 0.6 is 0 Å². The van der Waals surface area contributed by atoms with Gasteiger partial charge in [-0.05, 0) is 18.6 Å². The van der Waals surface area contributed by atoms with E-state index in [0.717, 1.165) is 5.56 Å². The van der Waals surface area contributed by atoms with E-state index in [4.69, 9.17) is 0 Å². The summed E-state index contributed by atoms with van der Waals surface area (Å²) < 4.78 is 0.626. The average molecular weight is 267 g/mol. The number of ketones is 2. The Hall–Kier alpha value is -2.75. The zero-order valence-electron chi connectivity index (χ0n) is 10.9. The summed E-state index contributed by atoms with van der Waals surface area (Å²) in [5, 5.41) is 10.9. The number of rotatable bonds is 4. The first-order chi connectivity index (χ1) is 9.56. The third kappa shape index (κ3) is 3.38. The first-order valence-electron chi connectivity index (χ1n) is 6.08. The van der Waals surface area contributed by atoms with E-state index in [2.05, 4.69) is 0 Å². The summed E-state index contributed by atoms with van der Waals surface area (Å²) in [5.41, 5.74) is 1.92. The van der Waals surface area contributed by atoms with Crippen molar-refractivity contribution >= 4 is 17.6 Å². The molecule has 0 bridgehead atoms. The predicted molar refractivity (Wildman–Crippen MR) is 75.2 cm³/mol. The normalized spacial score (nSPS) is 10.7.